The number of amides is 2. The van der Waals surface area contributed by atoms with E-state index in [4.69, 9.17) is 5.11 Å². The number of carboxylic acid groups (broad SMARTS) is 1. The maximum Gasteiger partial charge on any atom is 0.343 e. The fraction of sp³-hybridized carbons (Fsp3) is 0.278. The molecular weight excluding hydrogens is 378 g/mol. The van der Waals surface area contributed by atoms with E-state index < -0.39 is 35.8 Å². The average molecular weight is 394 g/mol. The number of thiophene rings is 1. The Morgan fingerprint density at radius 1 is 1.30 bits per heavy atom. The van der Waals surface area contributed by atoms with Crippen molar-refractivity contribution >= 4 is 34.1 Å². The molecule has 1 saturated heterocycles. The standard InChI is InChI=1S/C18H16F2N2O4S/c1-10-7-13(21-15(23)11-3-2-4-12(19)8-11)27-14(10)16(24)22-6-5-18(20,9-22)17(25)26/h2-4,7-8H,5-6,9H2,1H3,(H,21,23)(H,25,26). The van der Waals surface area contributed by atoms with Crippen molar-refractivity contribution in [3.05, 3.63) is 52.2 Å². The van der Waals surface area contributed by atoms with E-state index in [2.05, 4.69) is 5.32 Å². The molecule has 2 aromatic rings. The van der Waals surface area contributed by atoms with E-state index in [0.29, 0.717) is 15.4 Å². The lowest BCUT2D eigenvalue weighted by molar-refractivity contribution is -0.149. The van der Waals surface area contributed by atoms with Gasteiger partial charge in [-0.2, -0.15) is 0 Å². The number of aryl methyl sites for hydroxylation is 1. The van der Waals surface area contributed by atoms with Crippen LogP contribution < -0.4 is 5.32 Å². The van der Waals surface area contributed by atoms with Gasteiger partial charge in [0.15, 0.2) is 0 Å². The minimum atomic E-state index is -2.44. The molecule has 1 aliphatic rings. The van der Waals surface area contributed by atoms with Gasteiger partial charge < -0.3 is 15.3 Å². The molecule has 142 valence electrons. The summed E-state index contributed by atoms with van der Waals surface area (Å²) in [6.07, 6.45) is -0.262. The van der Waals surface area contributed by atoms with E-state index in [0.717, 1.165) is 22.3 Å². The first-order valence-corrected chi connectivity index (χ1v) is 8.90. The molecular formula is C18H16F2N2O4S. The van der Waals surface area contributed by atoms with Crippen molar-refractivity contribution in [3.63, 3.8) is 0 Å². The number of hydrogen-bond donors (Lipinski definition) is 2. The first-order valence-electron chi connectivity index (χ1n) is 8.08. The second-order valence-corrected chi connectivity index (χ2v) is 7.39. The third kappa shape index (κ3) is 3.82. The summed E-state index contributed by atoms with van der Waals surface area (Å²) in [4.78, 5) is 37.2. The zero-order valence-electron chi connectivity index (χ0n) is 14.3. The molecule has 1 atom stereocenters. The normalized spacial score (nSPS) is 19.1. The van der Waals surface area contributed by atoms with Gasteiger partial charge in [0.05, 0.1) is 16.4 Å². The number of nitrogens with one attached hydrogen (secondary N) is 1. The molecule has 27 heavy (non-hydrogen) atoms. The third-order valence-corrected chi connectivity index (χ3v) is 5.47. The van der Waals surface area contributed by atoms with Gasteiger partial charge >= 0.3 is 5.97 Å². The number of carbonyl (C=O) groups excluding carboxylic acids is 2. The predicted molar refractivity (Wildman–Crippen MR) is 95.4 cm³/mol. The Morgan fingerprint density at radius 2 is 2.04 bits per heavy atom. The minimum absolute atomic E-state index is 0.00393. The van der Waals surface area contributed by atoms with E-state index in [-0.39, 0.29) is 18.5 Å². The third-order valence-electron chi connectivity index (χ3n) is 4.33. The molecule has 0 radical (unpaired) electrons. The van der Waals surface area contributed by atoms with Crippen LogP contribution in [0.5, 0.6) is 0 Å². The van der Waals surface area contributed by atoms with Crippen molar-refractivity contribution < 1.29 is 28.3 Å². The van der Waals surface area contributed by atoms with Crippen LogP contribution in [0.4, 0.5) is 13.8 Å². The van der Waals surface area contributed by atoms with Crippen molar-refractivity contribution in [2.75, 3.05) is 18.4 Å². The highest BCUT2D eigenvalue weighted by atomic mass is 32.1. The van der Waals surface area contributed by atoms with Gasteiger partial charge in [-0.25, -0.2) is 13.6 Å². The SMILES string of the molecule is Cc1cc(NC(=O)c2cccc(F)c2)sc1C(=O)N1CCC(F)(C(=O)O)C1. The van der Waals surface area contributed by atoms with Gasteiger partial charge in [0.2, 0.25) is 5.67 Å². The predicted octanol–water partition coefficient (Wildman–Crippen LogP) is 3.09. The zero-order valence-corrected chi connectivity index (χ0v) is 15.1. The summed E-state index contributed by atoms with van der Waals surface area (Å²) in [6.45, 7) is 1.16. The second kappa shape index (κ2) is 7.07. The molecule has 0 aliphatic carbocycles. The Bertz CT molecular complexity index is 930. The summed E-state index contributed by atoms with van der Waals surface area (Å²) in [7, 11) is 0. The van der Waals surface area contributed by atoms with Gasteiger partial charge in [-0.15, -0.1) is 11.3 Å². The fourth-order valence-electron chi connectivity index (χ4n) is 2.83. The van der Waals surface area contributed by atoms with Gasteiger partial charge in [-0.05, 0) is 36.8 Å². The van der Waals surface area contributed by atoms with Gasteiger partial charge in [0.25, 0.3) is 11.8 Å². The molecule has 1 fully saturated rings. The first kappa shape index (κ1) is 19.0. The molecule has 0 spiro atoms. The van der Waals surface area contributed by atoms with Gasteiger partial charge in [-0.1, -0.05) is 6.07 Å². The molecule has 0 saturated carbocycles. The van der Waals surface area contributed by atoms with Crippen LogP contribution in [0.3, 0.4) is 0 Å². The maximum absolute atomic E-state index is 14.2. The molecule has 1 unspecified atom stereocenters. The highest BCUT2D eigenvalue weighted by molar-refractivity contribution is 7.18. The molecule has 6 nitrogen and oxygen atoms in total. The summed E-state index contributed by atoms with van der Waals surface area (Å²) >= 11 is 1.00. The minimum Gasteiger partial charge on any atom is -0.479 e. The molecule has 9 heteroatoms. The zero-order chi connectivity index (χ0) is 19.8. The number of alkyl halides is 1. The number of halogens is 2. The van der Waals surface area contributed by atoms with Crippen molar-refractivity contribution in [2.45, 2.75) is 19.0 Å². The molecule has 1 aliphatic heterocycles. The van der Waals surface area contributed by atoms with Crippen LogP contribution in [0.15, 0.2) is 30.3 Å². The van der Waals surface area contributed by atoms with Gasteiger partial charge in [-0.3, -0.25) is 9.59 Å². The molecule has 3 rings (SSSR count). The van der Waals surface area contributed by atoms with E-state index in [1.807, 2.05) is 0 Å². The van der Waals surface area contributed by atoms with Crippen LogP contribution >= 0.6 is 11.3 Å². The van der Waals surface area contributed by atoms with Crippen molar-refractivity contribution in [2.24, 2.45) is 0 Å². The highest BCUT2D eigenvalue weighted by Crippen LogP contribution is 2.32. The molecule has 1 aromatic carbocycles. The van der Waals surface area contributed by atoms with Crippen molar-refractivity contribution in [1.29, 1.82) is 0 Å². The Labute approximate surface area is 157 Å². The topological polar surface area (TPSA) is 86.7 Å². The van der Waals surface area contributed by atoms with Gasteiger partial charge in [0.1, 0.15) is 5.82 Å². The van der Waals surface area contributed by atoms with Crippen LogP contribution in [0, 0.1) is 12.7 Å². The van der Waals surface area contributed by atoms with E-state index in [9.17, 15) is 23.2 Å². The Kier molecular flexibility index (Phi) is 4.97. The van der Waals surface area contributed by atoms with E-state index in [1.54, 1.807) is 13.0 Å². The number of benzene rings is 1. The first-order chi connectivity index (χ1) is 12.7. The molecule has 1 aromatic heterocycles. The maximum atomic E-state index is 14.2. The molecule has 0 bridgehead atoms. The lowest BCUT2D eigenvalue weighted by Crippen LogP contribution is -2.38. The number of nitrogens with zero attached hydrogens (tertiary/aromatic N) is 1. The summed E-state index contributed by atoms with van der Waals surface area (Å²) in [5.74, 6) is -3.12. The van der Waals surface area contributed by atoms with Crippen LogP contribution in [0.25, 0.3) is 0 Å². The lowest BCUT2D eigenvalue weighted by Gasteiger charge is -2.17. The number of anilines is 1. The Balaban J connectivity index is 1.74. The summed E-state index contributed by atoms with van der Waals surface area (Å²) in [5, 5.41) is 11.9. The number of carboxylic acids is 1. The van der Waals surface area contributed by atoms with Crippen LogP contribution in [0.1, 0.15) is 32.0 Å². The number of hydrogen-bond acceptors (Lipinski definition) is 4. The van der Waals surface area contributed by atoms with Crippen molar-refractivity contribution in [1.82, 2.24) is 4.90 Å². The number of carbonyl (C=O) groups is 3. The summed E-state index contributed by atoms with van der Waals surface area (Å²) < 4.78 is 27.4. The summed E-state index contributed by atoms with van der Waals surface area (Å²) in [5.41, 5.74) is -1.72. The lowest BCUT2D eigenvalue weighted by atomic mass is 10.1. The second-order valence-electron chi connectivity index (χ2n) is 6.33. The van der Waals surface area contributed by atoms with Crippen LogP contribution in [-0.4, -0.2) is 46.5 Å². The Morgan fingerprint density at radius 3 is 2.67 bits per heavy atom. The number of rotatable bonds is 4. The van der Waals surface area contributed by atoms with E-state index in [1.165, 1.54) is 18.2 Å². The molecule has 2 N–H and O–H groups in total. The Hall–Kier alpha value is -2.81. The highest BCUT2D eigenvalue weighted by Gasteiger charge is 2.47. The fourth-order valence-corrected chi connectivity index (χ4v) is 3.87. The largest absolute Gasteiger partial charge is 0.479 e. The van der Waals surface area contributed by atoms with Crippen LogP contribution in [0.2, 0.25) is 0 Å². The number of aliphatic carboxylic acids is 1. The summed E-state index contributed by atoms with van der Waals surface area (Å²) in [6, 6.07) is 6.78. The van der Waals surface area contributed by atoms with E-state index >= 15 is 0 Å². The quantitative estimate of drug-likeness (QED) is 0.834. The van der Waals surface area contributed by atoms with Gasteiger partial charge in [0, 0.05) is 18.5 Å². The monoisotopic (exact) mass is 394 g/mol. The average Bonchev–Trinajstić information content (AvgIpc) is 3.18. The van der Waals surface area contributed by atoms with Crippen LogP contribution in [-0.2, 0) is 4.79 Å². The molecule has 2 amide bonds. The number of likely N-dealkylation sites (tertiary alicyclic amines) is 1. The smallest absolute Gasteiger partial charge is 0.343 e. The molecule has 2 heterocycles. The van der Waals surface area contributed by atoms with Crippen molar-refractivity contribution in [3.8, 4) is 0 Å².